The smallest absolute Gasteiger partial charge is 0.275 e. The summed E-state index contributed by atoms with van der Waals surface area (Å²) >= 11 is 2.87. The Hall–Kier alpha value is -1.92. The minimum atomic E-state index is -0.186. The van der Waals surface area contributed by atoms with Gasteiger partial charge in [0.15, 0.2) is 5.17 Å². The van der Waals surface area contributed by atoms with Crippen molar-refractivity contribution in [3.05, 3.63) is 47.0 Å². The molecule has 1 aliphatic rings. The van der Waals surface area contributed by atoms with Gasteiger partial charge >= 0.3 is 0 Å². The molecule has 1 aliphatic heterocycles. The van der Waals surface area contributed by atoms with Crippen LogP contribution >= 0.6 is 23.1 Å². The highest BCUT2D eigenvalue weighted by Crippen LogP contribution is 2.22. The van der Waals surface area contributed by atoms with E-state index in [9.17, 15) is 4.79 Å². The van der Waals surface area contributed by atoms with Gasteiger partial charge in [0.25, 0.3) is 5.91 Å². The number of thiazole rings is 1. The number of thioether (sulfide) groups is 1. The molecule has 0 unspecified atom stereocenters. The van der Waals surface area contributed by atoms with Gasteiger partial charge in [0.2, 0.25) is 0 Å². The molecule has 2 aromatic rings. The van der Waals surface area contributed by atoms with Crippen LogP contribution in [0.1, 0.15) is 5.56 Å². The molecule has 1 aromatic carbocycles. The Labute approximate surface area is 118 Å². The van der Waals surface area contributed by atoms with Crippen LogP contribution in [-0.4, -0.2) is 16.1 Å². The zero-order chi connectivity index (χ0) is 13.2. The standard InChI is InChI=1S/C13H9N3OS2/c1-2-18-13-15-10(12(17)16-13)5-8-3-4-9-11(6-8)19-7-14-9/h2-7H,1H2,(H,15,16,17)/b10-5-. The van der Waals surface area contributed by atoms with Gasteiger partial charge < -0.3 is 0 Å². The van der Waals surface area contributed by atoms with Gasteiger partial charge in [0.1, 0.15) is 5.70 Å². The monoisotopic (exact) mass is 287 g/mol. The minimum Gasteiger partial charge on any atom is -0.299 e. The van der Waals surface area contributed by atoms with E-state index >= 15 is 0 Å². The number of fused-ring (bicyclic) bond motifs is 1. The maximum Gasteiger partial charge on any atom is 0.275 e. The second-order valence-electron chi connectivity index (χ2n) is 3.76. The van der Waals surface area contributed by atoms with Crippen molar-refractivity contribution in [2.24, 2.45) is 4.99 Å². The van der Waals surface area contributed by atoms with Crippen LogP contribution in [0.2, 0.25) is 0 Å². The van der Waals surface area contributed by atoms with Gasteiger partial charge in [-0.2, -0.15) is 0 Å². The lowest BCUT2D eigenvalue weighted by Crippen LogP contribution is -2.20. The first kappa shape index (κ1) is 12.1. The molecule has 0 saturated carbocycles. The van der Waals surface area contributed by atoms with Crippen LogP contribution in [0, 0.1) is 0 Å². The summed E-state index contributed by atoms with van der Waals surface area (Å²) in [4.78, 5) is 20.2. The summed E-state index contributed by atoms with van der Waals surface area (Å²) in [6.07, 6.45) is 1.77. The van der Waals surface area contributed by atoms with Crippen LogP contribution in [0.25, 0.3) is 16.3 Å². The van der Waals surface area contributed by atoms with Crippen LogP contribution in [0.15, 0.2) is 46.4 Å². The lowest BCUT2D eigenvalue weighted by molar-refractivity contribution is -0.115. The number of nitrogens with one attached hydrogen (secondary N) is 1. The summed E-state index contributed by atoms with van der Waals surface area (Å²) in [5.41, 5.74) is 4.12. The molecule has 1 aromatic heterocycles. The molecule has 2 heterocycles. The number of carbonyl (C=O) groups excluding carboxylic acids is 1. The molecule has 0 atom stereocenters. The number of carbonyl (C=O) groups is 1. The number of aromatic nitrogens is 1. The molecule has 3 rings (SSSR count). The van der Waals surface area contributed by atoms with Crippen molar-refractivity contribution in [3.63, 3.8) is 0 Å². The molecule has 0 bridgehead atoms. The van der Waals surface area contributed by atoms with E-state index in [1.807, 2.05) is 18.2 Å². The van der Waals surface area contributed by atoms with Crippen LogP contribution in [0.5, 0.6) is 0 Å². The molecule has 0 radical (unpaired) electrons. The van der Waals surface area contributed by atoms with Crippen molar-refractivity contribution in [1.82, 2.24) is 10.3 Å². The van der Waals surface area contributed by atoms with Gasteiger partial charge in [-0.3, -0.25) is 10.1 Å². The van der Waals surface area contributed by atoms with E-state index in [4.69, 9.17) is 0 Å². The maximum atomic E-state index is 11.7. The molecule has 19 heavy (non-hydrogen) atoms. The molecule has 0 fully saturated rings. The first-order valence-corrected chi connectivity index (χ1v) is 7.25. The van der Waals surface area contributed by atoms with Crippen LogP contribution in [-0.2, 0) is 4.79 Å². The average Bonchev–Trinajstić information content (AvgIpc) is 2.97. The maximum absolute atomic E-state index is 11.7. The summed E-state index contributed by atoms with van der Waals surface area (Å²) in [6.45, 7) is 3.59. The van der Waals surface area contributed by atoms with Gasteiger partial charge in [-0.25, -0.2) is 9.98 Å². The predicted octanol–water partition coefficient (Wildman–Crippen LogP) is 3.00. The summed E-state index contributed by atoms with van der Waals surface area (Å²) in [5, 5.41) is 4.87. The summed E-state index contributed by atoms with van der Waals surface area (Å²) in [7, 11) is 0. The van der Waals surface area contributed by atoms with Gasteiger partial charge in [0, 0.05) is 0 Å². The van der Waals surface area contributed by atoms with Crippen molar-refractivity contribution in [3.8, 4) is 0 Å². The van der Waals surface area contributed by atoms with Crippen LogP contribution in [0.4, 0.5) is 0 Å². The van der Waals surface area contributed by atoms with E-state index in [-0.39, 0.29) is 5.91 Å². The Morgan fingerprint density at radius 1 is 1.42 bits per heavy atom. The lowest BCUT2D eigenvalue weighted by Gasteiger charge is -1.95. The summed E-state index contributed by atoms with van der Waals surface area (Å²) < 4.78 is 1.09. The number of benzene rings is 1. The summed E-state index contributed by atoms with van der Waals surface area (Å²) in [5.74, 6) is -0.186. The van der Waals surface area contributed by atoms with Crippen LogP contribution in [0.3, 0.4) is 0 Å². The van der Waals surface area contributed by atoms with Crippen molar-refractivity contribution < 1.29 is 4.79 Å². The molecule has 0 saturated heterocycles. The van der Waals surface area contributed by atoms with Gasteiger partial charge in [-0.15, -0.1) is 11.3 Å². The Kier molecular flexibility index (Phi) is 3.18. The molecule has 94 valence electrons. The number of hydrogen-bond donors (Lipinski definition) is 1. The molecule has 1 N–H and O–H groups in total. The van der Waals surface area contributed by atoms with Gasteiger partial charge in [0.05, 0.1) is 15.7 Å². The van der Waals surface area contributed by atoms with E-state index in [1.165, 1.54) is 11.8 Å². The quantitative estimate of drug-likeness (QED) is 0.864. The SMILES string of the molecule is C=CSC1=N/C(=C\c2ccc3ncsc3c2)C(=O)N1. The number of aliphatic imine (C=N–C) groups is 1. The number of amidine groups is 1. The number of rotatable bonds is 2. The van der Waals surface area contributed by atoms with Crippen molar-refractivity contribution in [2.75, 3.05) is 0 Å². The van der Waals surface area contributed by atoms with Gasteiger partial charge in [-0.05, 0) is 29.2 Å². The van der Waals surface area contributed by atoms with E-state index < -0.39 is 0 Å². The third kappa shape index (κ3) is 2.45. The second kappa shape index (κ2) is 4.99. The average molecular weight is 287 g/mol. The van der Waals surface area contributed by atoms with E-state index in [1.54, 1.807) is 28.3 Å². The molecule has 1 amide bonds. The molecular formula is C13H9N3OS2. The predicted molar refractivity (Wildman–Crippen MR) is 81.0 cm³/mol. The largest absolute Gasteiger partial charge is 0.299 e. The summed E-state index contributed by atoms with van der Waals surface area (Å²) in [6, 6.07) is 5.87. The molecular weight excluding hydrogens is 278 g/mol. The Morgan fingerprint density at radius 3 is 3.16 bits per heavy atom. The lowest BCUT2D eigenvalue weighted by atomic mass is 10.2. The number of amides is 1. The first-order valence-electron chi connectivity index (χ1n) is 5.49. The van der Waals surface area contributed by atoms with E-state index in [0.29, 0.717) is 10.9 Å². The van der Waals surface area contributed by atoms with E-state index in [0.717, 1.165) is 15.8 Å². The fourth-order valence-electron chi connectivity index (χ4n) is 1.70. The Bertz CT molecular complexity index is 730. The molecule has 0 spiro atoms. The highest BCUT2D eigenvalue weighted by Gasteiger charge is 2.19. The third-order valence-electron chi connectivity index (χ3n) is 2.53. The van der Waals surface area contributed by atoms with E-state index in [2.05, 4.69) is 21.9 Å². The minimum absolute atomic E-state index is 0.186. The number of nitrogens with zero attached hydrogens (tertiary/aromatic N) is 2. The normalized spacial score (nSPS) is 16.7. The third-order valence-corrected chi connectivity index (χ3v) is 3.90. The molecule has 6 heteroatoms. The van der Waals surface area contributed by atoms with Crippen LogP contribution < -0.4 is 5.32 Å². The zero-order valence-electron chi connectivity index (χ0n) is 9.79. The van der Waals surface area contributed by atoms with Crippen molar-refractivity contribution in [2.45, 2.75) is 0 Å². The molecule has 4 nitrogen and oxygen atoms in total. The Morgan fingerprint density at radius 2 is 2.32 bits per heavy atom. The Balaban J connectivity index is 1.96. The topological polar surface area (TPSA) is 54.4 Å². The first-order chi connectivity index (χ1) is 9.26. The highest BCUT2D eigenvalue weighted by atomic mass is 32.2. The number of hydrogen-bond acceptors (Lipinski definition) is 5. The fraction of sp³-hybridized carbons (Fsp3) is 0. The van der Waals surface area contributed by atoms with Crippen molar-refractivity contribution >= 4 is 50.5 Å². The highest BCUT2D eigenvalue weighted by molar-refractivity contribution is 8.16. The zero-order valence-corrected chi connectivity index (χ0v) is 11.4. The fourth-order valence-corrected chi connectivity index (χ4v) is 2.89. The second-order valence-corrected chi connectivity index (χ2v) is 5.61. The van der Waals surface area contributed by atoms with Gasteiger partial charge in [-0.1, -0.05) is 24.4 Å². The van der Waals surface area contributed by atoms with Crippen molar-refractivity contribution in [1.29, 1.82) is 0 Å². The molecule has 0 aliphatic carbocycles.